The van der Waals surface area contributed by atoms with Crippen molar-refractivity contribution in [2.45, 2.75) is 26.3 Å². The molecule has 4 nitrogen and oxygen atoms in total. The van der Waals surface area contributed by atoms with Crippen molar-refractivity contribution < 1.29 is 0 Å². The molecule has 1 heterocycles. The van der Waals surface area contributed by atoms with Crippen LogP contribution in [0.4, 0.5) is 5.95 Å². The highest BCUT2D eigenvalue weighted by atomic mass is 15.1. The van der Waals surface area contributed by atoms with Crippen LogP contribution in [0, 0.1) is 6.92 Å². The average Bonchev–Trinajstić information content (AvgIpc) is 2.40. The van der Waals surface area contributed by atoms with Gasteiger partial charge in [-0.1, -0.05) is 24.3 Å². The minimum Gasteiger partial charge on any atom is -0.348 e. The normalized spacial score (nSPS) is 11.4. The molecule has 0 aliphatic carbocycles. The first-order valence-corrected chi connectivity index (χ1v) is 6.38. The van der Waals surface area contributed by atoms with Crippen LogP contribution in [0.2, 0.25) is 0 Å². The standard InChI is InChI=1S/C15H20N4/c1-11-6-4-5-7-13(11)12-8-17-14(18-9-12)19-15(2,3)10-16/h4-9H,10,16H2,1-3H3,(H,17,18,19). The van der Waals surface area contributed by atoms with Crippen LogP contribution in [0.25, 0.3) is 11.1 Å². The summed E-state index contributed by atoms with van der Waals surface area (Å²) in [6, 6.07) is 8.20. The van der Waals surface area contributed by atoms with Crippen LogP contribution >= 0.6 is 0 Å². The maximum atomic E-state index is 5.68. The number of nitrogens with zero attached hydrogens (tertiary/aromatic N) is 2. The third-order valence-corrected chi connectivity index (χ3v) is 3.07. The van der Waals surface area contributed by atoms with E-state index in [0.717, 1.165) is 11.1 Å². The van der Waals surface area contributed by atoms with Crippen molar-refractivity contribution in [3.05, 3.63) is 42.2 Å². The molecular formula is C15H20N4. The summed E-state index contributed by atoms with van der Waals surface area (Å²) in [6.07, 6.45) is 3.68. The fourth-order valence-electron chi connectivity index (χ4n) is 1.78. The Labute approximate surface area is 114 Å². The Hall–Kier alpha value is -1.94. The predicted molar refractivity (Wildman–Crippen MR) is 79.0 cm³/mol. The fourth-order valence-corrected chi connectivity index (χ4v) is 1.78. The monoisotopic (exact) mass is 256 g/mol. The molecule has 1 aromatic carbocycles. The number of nitrogens with two attached hydrogens (primary N) is 1. The van der Waals surface area contributed by atoms with Gasteiger partial charge in [-0.15, -0.1) is 0 Å². The summed E-state index contributed by atoms with van der Waals surface area (Å²) >= 11 is 0. The molecule has 0 fully saturated rings. The highest BCUT2D eigenvalue weighted by Crippen LogP contribution is 2.22. The van der Waals surface area contributed by atoms with Gasteiger partial charge in [0.2, 0.25) is 5.95 Å². The number of aryl methyl sites for hydroxylation is 1. The third kappa shape index (κ3) is 3.29. The van der Waals surface area contributed by atoms with Gasteiger partial charge in [0.05, 0.1) is 0 Å². The maximum absolute atomic E-state index is 5.68. The zero-order valence-electron chi connectivity index (χ0n) is 11.6. The van der Waals surface area contributed by atoms with Crippen molar-refractivity contribution in [2.75, 3.05) is 11.9 Å². The summed E-state index contributed by atoms with van der Waals surface area (Å²) in [4.78, 5) is 8.70. The molecule has 1 aromatic heterocycles. The molecule has 0 bridgehead atoms. The van der Waals surface area contributed by atoms with E-state index in [2.05, 4.69) is 34.3 Å². The molecule has 2 aromatic rings. The number of rotatable bonds is 4. The Morgan fingerprint density at radius 2 is 1.79 bits per heavy atom. The lowest BCUT2D eigenvalue weighted by Crippen LogP contribution is -2.39. The van der Waals surface area contributed by atoms with Crippen molar-refractivity contribution in [3.8, 4) is 11.1 Å². The van der Waals surface area contributed by atoms with Gasteiger partial charge in [0.15, 0.2) is 0 Å². The zero-order chi connectivity index (χ0) is 13.9. The maximum Gasteiger partial charge on any atom is 0.223 e. The van der Waals surface area contributed by atoms with Crippen molar-refractivity contribution in [1.29, 1.82) is 0 Å². The number of benzene rings is 1. The van der Waals surface area contributed by atoms with Crippen LogP contribution in [0.15, 0.2) is 36.7 Å². The van der Waals surface area contributed by atoms with E-state index >= 15 is 0 Å². The van der Waals surface area contributed by atoms with E-state index in [1.165, 1.54) is 5.56 Å². The first-order chi connectivity index (χ1) is 9.02. The Morgan fingerprint density at radius 3 is 2.37 bits per heavy atom. The molecule has 0 saturated heterocycles. The Morgan fingerprint density at radius 1 is 1.16 bits per heavy atom. The lowest BCUT2D eigenvalue weighted by atomic mass is 10.0. The minimum absolute atomic E-state index is 0.204. The SMILES string of the molecule is Cc1ccccc1-c1cnc(NC(C)(C)CN)nc1. The van der Waals surface area contributed by atoms with Crippen molar-refractivity contribution in [3.63, 3.8) is 0 Å². The first kappa shape index (κ1) is 13.5. The van der Waals surface area contributed by atoms with Crippen LogP contribution < -0.4 is 11.1 Å². The fraction of sp³-hybridized carbons (Fsp3) is 0.333. The number of aromatic nitrogens is 2. The van der Waals surface area contributed by atoms with Gasteiger partial charge in [-0.05, 0) is 31.9 Å². The second-order valence-corrected chi connectivity index (χ2v) is 5.32. The van der Waals surface area contributed by atoms with Gasteiger partial charge < -0.3 is 11.1 Å². The molecule has 0 atom stereocenters. The van der Waals surface area contributed by atoms with E-state index < -0.39 is 0 Å². The van der Waals surface area contributed by atoms with E-state index in [0.29, 0.717) is 12.5 Å². The molecule has 100 valence electrons. The first-order valence-electron chi connectivity index (χ1n) is 6.38. The highest BCUT2D eigenvalue weighted by molar-refractivity contribution is 5.65. The predicted octanol–water partition coefficient (Wildman–Crippen LogP) is 2.60. The van der Waals surface area contributed by atoms with E-state index in [1.807, 2.05) is 38.4 Å². The van der Waals surface area contributed by atoms with Gasteiger partial charge in [-0.2, -0.15) is 0 Å². The van der Waals surface area contributed by atoms with E-state index in [1.54, 1.807) is 0 Å². The van der Waals surface area contributed by atoms with Gasteiger partial charge in [-0.25, -0.2) is 9.97 Å². The van der Waals surface area contributed by atoms with Crippen molar-refractivity contribution >= 4 is 5.95 Å². The highest BCUT2D eigenvalue weighted by Gasteiger charge is 2.16. The van der Waals surface area contributed by atoms with Crippen LogP contribution in [0.3, 0.4) is 0 Å². The smallest absolute Gasteiger partial charge is 0.223 e. The topological polar surface area (TPSA) is 63.8 Å². The average molecular weight is 256 g/mol. The number of hydrogen-bond donors (Lipinski definition) is 2. The largest absolute Gasteiger partial charge is 0.348 e. The molecule has 0 aliphatic heterocycles. The van der Waals surface area contributed by atoms with E-state index in [9.17, 15) is 0 Å². The molecule has 0 aliphatic rings. The summed E-state index contributed by atoms with van der Waals surface area (Å²) in [5.74, 6) is 0.604. The van der Waals surface area contributed by atoms with Crippen molar-refractivity contribution in [2.24, 2.45) is 5.73 Å². The van der Waals surface area contributed by atoms with Gasteiger partial charge >= 0.3 is 0 Å². The van der Waals surface area contributed by atoms with Crippen LogP contribution in [0.1, 0.15) is 19.4 Å². The quantitative estimate of drug-likeness (QED) is 0.882. The Bertz CT molecular complexity index is 546. The molecule has 4 heteroatoms. The summed E-state index contributed by atoms with van der Waals surface area (Å²) in [5, 5.41) is 3.21. The zero-order valence-corrected chi connectivity index (χ0v) is 11.6. The second-order valence-electron chi connectivity index (χ2n) is 5.32. The summed E-state index contributed by atoms with van der Waals surface area (Å²) in [6.45, 7) is 6.65. The van der Waals surface area contributed by atoms with E-state index in [4.69, 9.17) is 5.73 Å². The van der Waals surface area contributed by atoms with E-state index in [-0.39, 0.29) is 5.54 Å². The molecular weight excluding hydrogens is 236 g/mol. The number of anilines is 1. The van der Waals surface area contributed by atoms with Gasteiger partial charge in [0.1, 0.15) is 0 Å². The summed E-state index contributed by atoms with van der Waals surface area (Å²) in [5.41, 5.74) is 8.87. The van der Waals surface area contributed by atoms with Crippen LogP contribution in [-0.2, 0) is 0 Å². The Kier molecular flexibility index (Phi) is 3.81. The van der Waals surface area contributed by atoms with Gasteiger partial charge in [0, 0.05) is 30.0 Å². The lowest BCUT2D eigenvalue weighted by molar-refractivity contribution is 0.574. The molecule has 0 saturated carbocycles. The summed E-state index contributed by atoms with van der Waals surface area (Å²) < 4.78 is 0. The van der Waals surface area contributed by atoms with Crippen LogP contribution in [0.5, 0.6) is 0 Å². The van der Waals surface area contributed by atoms with Crippen LogP contribution in [-0.4, -0.2) is 22.1 Å². The molecule has 0 amide bonds. The summed E-state index contributed by atoms with van der Waals surface area (Å²) in [7, 11) is 0. The third-order valence-electron chi connectivity index (χ3n) is 3.07. The molecule has 0 unspecified atom stereocenters. The molecule has 0 spiro atoms. The lowest BCUT2D eigenvalue weighted by Gasteiger charge is -2.24. The minimum atomic E-state index is -0.204. The molecule has 19 heavy (non-hydrogen) atoms. The van der Waals surface area contributed by atoms with Gasteiger partial charge in [0.25, 0.3) is 0 Å². The molecule has 3 N–H and O–H groups in total. The Balaban J connectivity index is 2.22. The number of nitrogens with one attached hydrogen (secondary N) is 1. The second kappa shape index (κ2) is 5.36. The van der Waals surface area contributed by atoms with Crippen molar-refractivity contribution in [1.82, 2.24) is 9.97 Å². The number of hydrogen-bond acceptors (Lipinski definition) is 4. The molecule has 2 rings (SSSR count). The van der Waals surface area contributed by atoms with Gasteiger partial charge in [-0.3, -0.25) is 0 Å². The molecule has 0 radical (unpaired) electrons.